The molecule has 4 N–H and O–H groups in total. The SMILES string of the molecule is NC(=NN=Cc1c(O)cc(O)cc1CCl)SCc1ccccc1. The minimum atomic E-state index is -0.116. The Hall–Kier alpha value is -2.18. The smallest absolute Gasteiger partial charge is 0.180 e. The fourth-order valence-corrected chi connectivity index (χ4v) is 2.68. The number of hydrogen-bond acceptors (Lipinski definition) is 5. The van der Waals surface area contributed by atoms with Crippen molar-refractivity contribution >= 4 is 34.7 Å². The summed E-state index contributed by atoms with van der Waals surface area (Å²) >= 11 is 7.15. The molecule has 0 unspecified atom stereocenters. The first kappa shape index (κ1) is 17.2. The molecule has 120 valence electrons. The van der Waals surface area contributed by atoms with Gasteiger partial charge in [-0.1, -0.05) is 42.1 Å². The Balaban J connectivity index is 2.03. The monoisotopic (exact) mass is 349 g/mol. The van der Waals surface area contributed by atoms with Gasteiger partial charge in [-0.2, -0.15) is 5.10 Å². The molecule has 23 heavy (non-hydrogen) atoms. The predicted molar refractivity (Wildman–Crippen MR) is 96.3 cm³/mol. The number of nitrogens with zero attached hydrogens (tertiary/aromatic N) is 2. The van der Waals surface area contributed by atoms with E-state index in [0.29, 0.717) is 22.0 Å². The van der Waals surface area contributed by atoms with Gasteiger partial charge in [0.1, 0.15) is 11.5 Å². The van der Waals surface area contributed by atoms with E-state index >= 15 is 0 Å². The first-order chi connectivity index (χ1) is 11.1. The maximum atomic E-state index is 9.83. The molecule has 0 heterocycles. The van der Waals surface area contributed by atoms with Crippen molar-refractivity contribution < 1.29 is 10.2 Å². The first-order valence-electron chi connectivity index (χ1n) is 6.74. The second-order valence-corrected chi connectivity index (χ2v) is 5.89. The predicted octanol–water partition coefficient (Wildman–Crippen LogP) is 3.42. The molecule has 2 aromatic rings. The minimum absolute atomic E-state index is 0.0586. The summed E-state index contributed by atoms with van der Waals surface area (Å²) in [6.07, 6.45) is 1.36. The average Bonchev–Trinajstić information content (AvgIpc) is 2.55. The van der Waals surface area contributed by atoms with E-state index in [0.717, 1.165) is 5.56 Å². The van der Waals surface area contributed by atoms with Crippen LogP contribution in [0.4, 0.5) is 0 Å². The van der Waals surface area contributed by atoms with Gasteiger partial charge in [0.2, 0.25) is 0 Å². The van der Waals surface area contributed by atoms with Crippen LogP contribution in [-0.4, -0.2) is 21.6 Å². The maximum Gasteiger partial charge on any atom is 0.180 e. The van der Waals surface area contributed by atoms with Crippen LogP contribution in [0, 0.1) is 0 Å². The van der Waals surface area contributed by atoms with Crippen LogP contribution in [0.3, 0.4) is 0 Å². The van der Waals surface area contributed by atoms with Gasteiger partial charge in [0.15, 0.2) is 5.17 Å². The average molecular weight is 350 g/mol. The fraction of sp³-hybridized carbons (Fsp3) is 0.125. The Bertz CT molecular complexity index is 721. The molecular weight excluding hydrogens is 334 g/mol. The highest BCUT2D eigenvalue weighted by atomic mass is 35.5. The Morgan fingerprint density at radius 3 is 2.65 bits per heavy atom. The molecule has 0 saturated carbocycles. The van der Waals surface area contributed by atoms with Crippen molar-refractivity contribution in [2.24, 2.45) is 15.9 Å². The second-order valence-electron chi connectivity index (χ2n) is 4.63. The lowest BCUT2D eigenvalue weighted by atomic mass is 10.1. The van der Waals surface area contributed by atoms with Crippen LogP contribution in [0.25, 0.3) is 0 Å². The van der Waals surface area contributed by atoms with E-state index in [1.165, 1.54) is 30.1 Å². The van der Waals surface area contributed by atoms with Crippen LogP contribution >= 0.6 is 23.4 Å². The number of rotatable bonds is 5. The van der Waals surface area contributed by atoms with E-state index in [4.69, 9.17) is 17.3 Å². The zero-order chi connectivity index (χ0) is 16.7. The summed E-state index contributed by atoms with van der Waals surface area (Å²) < 4.78 is 0. The fourth-order valence-electron chi connectivity index (χ4n) is 1.84. The number of hydrogen-bond donors (Lipinski definition) is 3. The number of thioether (sulfide) groups is 1. The van der Waals surface area contributed by atoms with Crippen molar-refractivity contribution in [3.63, 3.8) is 0 Å². The minimum Gasteiger partial charge on any atom is -0.508 e. The van der Waals surface area contributed by atoms with Crippen molar-refractivity contribution in [3.05, 3.63) is 59.2 Å². The summed E-state index contributed by atoms with van der Waals surface area (Å²) in [5, 5.41) is 27.3. The van der Waals surface area contributed by atoms with Crippen LogP contribution in [0.1, 0.15) is 16.7 Å². The molecule has 0 fully saturated rings. The molecule has 0 radical (unpaired) electrons. The summed E-state index contributed by atoms with van der Waals surface area (Å²) in [4.78, 5) is 0. The number of alkyl halides is 1. The number of phenols is 2. The van der Waals surface area contributed by atoms with Crippen LogP contribution in [0.5, 0.6) is 11.5 Å². The zero-order valence-electron chi connectivity index (χ0n) is 12.2. The number of halogens is 1. The Morgan fingerprint density at radius 2 is 1.96 bits per heavy atom. The lowest BCUT2D eigenvalue weighted by molar-refractivity contribution is 0.449. The molecule has 0 aliphatic rings. The first-order valence-corrected chi connectivity index (χ1v) is 8.26. The number of amidine groups is 1. The molecule has 0 atom stereocenters. The third-order valence-electron chi connectivity index (χ3n) is 2.95. The van der Waals surface area contributed by atoms with Crippen LogP contribution in [-0.2, 0) is 11.6 Å². The topological polar surface area (TPSA) is 91.2 Å². The van der Waals surface area contributed by atoms with Gasteiger partial charge in [0.25, 0.3) is 0 Å². The summed E-state index contributed by atoms with van der Waals surface area (Å²) in [6.45, 7) is 0. The van der Waals surface area contributed by atoms with Crippen molar-refractivity contribution in [3.8, 4) is 11.5 Å². The molecule has 0 aliphatic heterocycles. The lowest BCUT2D eigenvalue weighted by Crippen LogP contribution is -2.06. The van der Waals surface area contributed by atoms with Crippen molar-refractivity contribution in [1.29, 1.82) is 0 Å². The van der Waals surface area contributed by atoms with Gasteiger partial charge in [-0.25, -0.2) is 0 Å². The van der Waals surface area contributed by atoms with Gasteiger partial charge < -0.3 is 15.9 Å². The molecule has 0 spiro atoms. The standard InChI is InChI=1S/C16H16ClN3O2S/c17-8-12-6-13(21)7-15(22)14(12)9-19-20-16(18)23-10-11-4-2-1-3-5-11/h1-7,9,21-22H,8,10H2,(H2,18,20). The number of benzene rings is 2. The summed E-state index contributed by atoms with van der Waals surface area (Å²) in [5.74, 6) is 0.654. The quantitative estimate of drug-likeness (QED) is 0.334. The van der Waals surface area contributed by atoms with Crippen molar-refractivity contribution in [2.45, 2.75) is 11.6 Å². The Kier molecular flexibility index (Phi) is 6.31. The maximum absolute atomic E-state index is 9.83. The highest BCUT2D eigenvalue weighted by Crippen LogP contribution is 2.27. The van der Waals surface area contributed by atoms with Crippen LogP contribution < -0.4 is 5.73 Å². The highest BCUT2D eigenvalue weighted by molar-refractivity contribution is 8.13. The Labute approximate surface area is 143 Å². The zero-order valence-corrected chi connectivity index (χ0v) is 13.8. The normalized spacial score (nSPS) is 12.0. The third kappa shape index (κ3) is 5.19. The molecule has 0 bridgehead atoms. The summed E-state index contributed by atoms with van der Waals surface area (Å²) in [6, 6.07) is 12.6. The van der Waals surface area contributed by atoms with E-state index in [9.17, 15) is 10.2 Å². The van der Waals surface area contributed by atoms with E-state index < -0.39 is 0 Å². The van der Waals surface area contributed by atoms with Crippen molar-refractivity contribution in [2.75, 3.05) is 0 Å². The van der Waals surface area contributed by atoms with Gasteiger partial charge in [0.05, 0.1) is 6.21 Å². The van der Waals surface area contributed by atoms with E-state index in [2.05, 4.69) is 10.2 Å². The molecule has 0 amide bonds. The molecule has 2 aromatic carbocycles. The summed E-state index contributed by atoms with van der Waals surface area (Å²) in [7, 11) is 0. The van der Waals surface area contributed by atoms with Crippen molar-refractivity contribution in [1.82, 2.24) is 0 Å². The third-order valence-corrected chi connectivity index (χ3v) is 4.09. The largest absolute Gasteiger partial charge is 0.508 e. The number of phenolic OH excluding ortho intramolecular Hbond substituents is 2. The molecular formula is C16H16ClN3O2S. The number of nitrogens with two attached hydrogens (primary N) is 1. The molecule has 0 saturated heterocycles. The van der Waals surface area contributed by atoms with Crippen LogP contribution in [0.2, 0.25) is 0 Å². The van der Waals surface area contributed by atoms with Crippen LogP contribution in [0.15, 0.2) is 52.7 Å². The molecule has 5 nitrogen and oxygen atoms in total. The lowest BCUT2D eigenvalue weighted by Gasteiger charge is -2.05. The molecule has 0 aliphatic carbocycles. The van der Waals surface area contributed by atoms with E-state index in [1.54, 1.807) is 0 Å². The van der Waals surface area contributed by atoms with Gasteiger partial charge in [-0.05, 0) is 17.2 Å². The summed E-state index contributed by atoms with van der Waals surface area (Å²) in [5.41, 5.74) is 7.89. The van der Waals surface area contributed by atoms with Gasteiger partial charge in [0, 0.05) is 23.3 Å². The molecule has 0 aromatic heterocycles. The molecule has 7 heteroatoms. The van der Waals surface area contributed by atoms with E-state index in [-0.39, 0.29) is 17.4 Å². The number of aromatic hydroxyl groups is 2. The van der Waals surface area contributed by atoms with E-state index in [1.807, 2.05) is 30.3 Å². The van der Waals surface area contributed by atoms with Gasteiger partial charge >= 0.3 is 0 Å². The molecule has 2 rings (SSSR count). The van der Waals surface area contributed by atoms with Gasteiger partial charge in [-0.15, -0.1) is 16.7 Å². The van der Waals surface area contributed by atoms with Gasteiger partial charge in [-0.3, -0.25) is 0 Å². The Morgan fingerprint density at radius 1 is 1.22 bits per heavy atom. The highest BCUT2D eigenvalue weighted by Gasteiger charge is 2.07. The second kappa shape index (κ2) is 8.45.